The molecule has 0 heterocycles. The monoisotopic (exact) mass is 1370 g/mol. The van der Waals surface area contributed by atoms with E-state index in [-0.39, 0.29) is 25.7 Å². The van der Waals surface area contributed by atoms with E-state index >= 15 is 0 Å². The molecule has 0 rings (SSSR count). The Morgan fingerprint density at radius 3 is 0.667 bits per heavy atom. The van der Waals surface area contributed by atoms with Gasteiger partial charge >= 0.3 is 39.5 Å². The largest absolute Gasteiger partial charge is 0.472 e. The molecule has 19 heteroatoms. The summed E-state index contributed by atoms with van der Waals surface area (Å²) < 4.78 is 68.4. The highest BCUT2D eigenvalue weighted by Crippen LogP contribution is 2.45. The summed E-state index contributed by atoms with van der Waals surface area (Å²) in [5, 5.41) is 10.6. The van der Waals surface area contributed by atoms with Crippen LogP contribution in [0, 0.1) is 23.7 Å². The number of esters is 4. The molecule has 2 unspecified atom stereocenters. The fourth-order valence-corrected chi connectivity index (χ4v) is 12.8. The van der Waals surface area contributed by atoms with E-state index in [2.05, 4.69) is 55.4 Å². The van der Waals surface area contributed by atoms with E-state index < -0.39 is 97.5 Å². The molecule has 0 aliphatic carbocycles. The minimum absolute atomic E-state index is 0.104. The fourth-order valence-electron chi connectivity index (χ4n) is 11.2. The van der Waals surface area contributed by atoms with Gasteiger partial charge in [0.15, 0.2) is 12.2 Å². The Hall–Kier alpha value is -1.94. The summed E-state index contributed by atoms with van der Waals surface area (Å²) >= 11 is 0. The summed E-state index contributed by atoms with van der Waals surface area (Å²) in [7, 11) is -9.91. The summed E-state index contributed by atoms with van der Waals surface area (Å²) in [6.45, 7) is 14.1. The van der Waals surface area contributed by atoms with Gasteiger partial charge in [-0.3, -0.25) is 37.3 Å². The van der Waals surface area contributed by atoms with Gasteiger partial charge in [-0.2, -0.15) is 0 Å². The lowest BCUT2D eigenvalue weighted by molar-refractivity contribution is -0.161. The van der Waals surface area contributed by atoms with Crippen molar-refractivity contribution >= 4 is 39.5 Å². The van der Waals surface area contributed by atoms with Crippen molar-refractivity contribution in [1.29, 1.82) is 0 Å². The minimum Gasteiger partial charge on any atom is -0.462 e. The van der Waals surface area contributed by atoms with E-state index in [1.54, 1.807) is 0 Å². The number of hydrogen-bond acceptors (Lipinski definition) is 15. The minimum atomic E-state index is -4.96. The number of unbranched alkanes of at least 4 members (excludes halogenated alkanes) is 37. The smallest absolute Gasteiger partial charge is 0.462 e. The molecule has 0 aromatic heterocycles. The Labute approximate surface area is 568 Å². The van der Waals surface area contributed by atoms with Crippen LogP contribution in [0.2, 0.25) is 0 Å². The summed E-state index contributed by atoms with van der Waals surface area (Å²) in [5.41, 5.74) is 0. The van der Waals surface area contributed by atoms with Crippen molar-refractivity contribution in [1.82, 2.24) is 0 Å². The van der Waals surface area contributed by atoms with Gasteiger partial charge in [0, 0.05) is 25.7 Å². The maximum Gasteiger partial charge on any atom is 0.472 e. The molecule has 0 aromatic carbocycles. The molecule has 0 bridgehead atoms. The number of rotatable bonds is 71. The molecule has 0 radical (unpaired) electrons. The SMILES string of the molecule is CC(C)CCCCCCCCCCCCCCCCCCCCC(=O)O[C@H](COC(=O)CCCCCCCCCCC(C)C)COP(=O)(O)OC[C@@H](O)COP(=O)(O)OC[C@@H](COC(=O)CCCCCCCCC(C)C)OC(=O)CCCCCCCCCCCC(C)C. The lowest BCUT2D eigenvalue weighted by atomic mass is 10.0. The van der Waals surface area contributed by atoms with E-state index in [4.69, 9.17) is 37.0 Å². The molecule has 0 saturated carbocycles. The zero-order chi connectivity index (χ0) is 68.9. The second-order valence-electron chi connectivity index (χ2n) is 28.6. The van der Waals surface area contributed by atoms with Gasteiger partial charge in [0.25, 0.3) is 0 Å². The molecule has 0 fully saturated rings. The maximum absolute atomic E-state index is 13.1. The van der Waals surface area contributed by atoms with Crippen molar-refractivity contribution in [2.24, 2.45) is 23.7 Å². The van der Waals surface area contributed by atoms with Crippen LogP contribution < -0.4 is 0 Å². The van der Waals surface area contributed by atoms with Gasteiger partial charge in [-0.05, 0) is 49.4 Å². The van der Waals surface area contributed by atoms with Crippen LogP contribution >= 0.6 is 15.6 Å². The quantitative estimate of drug-likeness (QED) is 0.0222. The zero-order valence-corrected chi connectivity index (χ0v) is 62.7. The lowest BCUT2D eigenvalue weighted by Gasteiger charge is -2.21. The zero-order valence-electron chi connectivity index (χ0n) is 60.9. The van der Waals surface area contributed by atoms with Crippen molar-refractivity contribution in [3.63, 3.8) is 0 Å². The van der Waals surface area contributed by atoms with Crippen molar-refractivity contribution in [2.45, 2.75) is 388 Å². The number of phosphoric acid groups is 2. The van der Waals surface area contributed by atoms with Crippen LogP contribution in [0.3, 0.4) is 0 Å². The van der Waals surface area contributed by atoms with Crippen LogP contribution in [0.5, 0.6) is 0 Å². The van der Waals surface area contributed by atoms with E-state index in [1.807, 2.05) is 0 Å². The molecule has 3 N–H and O–H groups in total. The van der Waals surface area contributed by atoms with Gasteiger partial charge in [0.1, 0.15) is 19.3 Å². The number of carbonyl (C=O) groups is 4. The highest BCUT2D eigenvalue weighted by atomic mass is 31.2. The predicted octanol–water partition coefficient (Wildman–Crippen LogP) is 21.3. The summed E-state index contributed by atoms with van der Waals surface area (Å²) in [5.74, 6) is 0.835. The molecule has 0 spiro atoms. The average molecular weight is 1370 g/mol. The summed E-state index contributed by atoms with van der Waals surface area (Å²) in [6, 6.07) is 0. The summed E-state index contributed by atoms with van der Waals surface area (Å²) in [4.78, 5) is 72.6. The van der Waals surface area contributed by atoms with Crippen molar-refractivity contribution in [3.05, 3.63) is 0 Å². The number of ether oxygens (including phenoxy) is 4. The van der Waals surface area contributed by atoms with Crippen LogP contribution in [0.1, 0.15) is 370 Å². The first-order chi connectivity index (χ1) is 44.6. The average Bonchev–Trinajstić information content (AvgIpc) is 1.76. The molecule has 0 aromatic rings. The highest BCUT2D eigenvalue weighted by molar-refractivity contribution is 7.47. The van der Waals surface area contributed by atoms with Crippen molar-refractivity contribution < 1.29 is 80.2 Å². The van der Waals surface area contributed by atoms with E-state index in [0.717, 1.165) is 114 Å². The predicted molar refractivity (Wildman–Crippen MR) is 377 cm³/mol. The first kappa shape index (κ1) is 91.1. The fraction of sp³-hybridized carbons (Fsp3) is 0.946. The Kier molecular flexibility index (Phi) is 62.2. The number of phosphoric ester groups is 2. The number of carbonyl (C=O) groups excluding carboxylic acids is 4. The molecule has 0 saturated heterocycles. The third kappa shape index (κ3) is 68.4. The Morgan fingerprint density at radius 2 is 0.452 bits per heavy atom. The van der Waals surface area contributed by atoms with E-state index in [9.17, 15) is 43.2 Å². The molecular formula is C74H144O17P2. The number of hydrogen-bond donors (Lipinski definition) is 3. The molecule has 0 amide bonds. The second kappa shape index (κ2) is 63.5. The second-order valence-corrected chi connectivity index (χ2v) is 31.5. The van der Waals surface area contributed by atoms with Gasteiger partial charge in [-0.15, -0.1) is 0 Å². The van der Waals surface area contributed by atoms with E-state index in [0.29, 0.717) is 31.6 Å². The standard InChI is InChI=1S/C74H144O17P2/c1-64(2)50-42-34-26-20-17-15-13-11-9-10-12-14-16-18-22-30-40-48-56-73(78)90-69(60-84-71(76)54-46-38-29-25-24-28-36-44-52-66(5)6)62-88-92(80,81)86-58-68(75)59-87-93(82,83)89-63-70(61-85-72(77)55-47-39-33-32-37-45-53-67(7)8)91-74(79)57-49-41-31-23-19-21-27-35-43-51-65(3)4/h64-70,75H,9-63H2,1-8H3,(H,80,81)(H,82,83)/t68-,69-,70-/m1/s1. The van der Waals surface area contributed by atoms with Gasteiger partial charge in [-0.25, -0.2) is 9.13 Å². The molecule has 0 aliphatic rings. The molecule has 93 heavy (non-hydrogen) atoms. The van der Waals surface area contributed by atoms with Crippen LogP contribution in [0.25, 0.3) is 0 Å². The van der Waals surface area contributed by atoms with Crippen molar-refractivity contribution in [2.75, 3.05) is 39.6 Å². The number of aliphatic hydroxyl groups is 1. The van der Waals surface area contributed by atoms with Crippen molar-refractivity contribution in [3.8, 4) is 0 Å². The van der Waals surface area contributed by atoms with E-state index in [1.165, 1.54) is 167 Å². The van der Waals surface area contributed by atoms with Crippen LogP contribution in [-0.2, 0) is 65.4 Å². The lowest BCUT2D eigenvalue weighted by Crippen LogP contribution is -2.30. The summed E-state index contributed by atoms with van der Waals surface area (Å²) in [6.07, 6.45) is 47.6. The number of aliphatic hydroxyl groups excluding tert-OH is 1. The first-order valence-corrected chi connectivity index (χ1v) is 41.2. The topological polar surface area (TPSA) is 237 Å². The van der Waals surface area contributed by atoms with Gasteiger partial charge in [0.05, 0.1) is 26.4 Å². The molecule has 0 aliphatic heterocycles. The molecular weight excluding hydrogens is 1220 g/mol. The highest BCUT2D eigenvalue weighted by Gasteiger charge is 2.30. The van der Waals surface area contributed by atoms with Crippen LogP contribution in [0.4, 0.5) is 0 Å². The Morgan fingerprint density at radius 1 is 0.269 bits per heavy atom. The molecule has 17 nitrogen and oxygen atoms in total. The normalized spacial score (nSPS) is 14.2. The third-order valence-electron chi connectivity index (χ3n) is 17.1. The van der Waals surface area contributed by atoms with Crippen LogP contribution in [0.15, 0.2) is 0 Å². The van der Waals surface area contributed by atoms with Gasteiger partial charge in [0.2, 0.25) is 0 Å². The Balaban J connectivity index is 5.18. The molecule has 552 valence electrons. The first-order valence-electron chi connectivity index (χ1n) is 38.2. The maximum atomic E-state index is 13.1. The van der Waals surface area contributed by atoms with Crippen LogP contribution in [-0.4, -0.2) is 96.7 Å². The van der Waals surface area contributed by atoms with Gasteiger partial charge < -0.3 is 33.8 Å². The Bertz CT molecular complexity index is 1830. The van der Waals surface area contributed by atoms with Gasteiger partial charge in [-0.1, -0.05) is 319 Å². The molecule has 5 atom stereocenters. The third-order valence-corrected chi connectivity index (χ3v) is 19.0.